The smallest absolute Gasteiger partial charge is 0.107 e. The highest BCUT2D eigenvalue weighted by Crippen LogP contribution is 2.26. The van der Waals surface area contributed by atoms with Crippen molar-refractivity contribution in [2.75, 3.05) is 11.9 Å². The highest BCUT2D eigenvalue weighted by molar-refractivity contribution is 9.09. The molecule has 1 unspecified atom stereocenters. The van der Waals surface area contributed by atoms with Crippen molar-refractivity contribution in [2.45, 2.75) is 56.3 Å². The number of hydrogen-bond acceptors (Lipinski definition) is 2. The monoisotopic (exact) mass is 344 g/mol. The highest BCUT2D eigenvalue weighted by atomic mass is 79.9. The summed E-state index contributed by atoms with van der Waals surface area (Å²) in [6.45, 7) is 5.20. The number of thioether (sulfide) groups is 1. The van der Waals surface area contributed by atoms with E-state index in [2.05, 4.69) is 54.0 Å². The average Bonchev–Trinajstić information content (AvgIpc) is 2.43. The lowest BCUT2D eigenvalue weighted by molar-refractivity contribution is 0.106. The second-order valence-electron chi connectivity index (χ2n) is 4.74. The summed E-state index contributed by atoms with van der Waals surface area (Å²) >= 11 is 5.30. The third-order valence-corrected chi connectivity index (χ3v) is 4.79. The van der Waals surface area contributed by atoms with Crippen molar-refractivity contribution in [3.63, 3.8) is 0 Å². The Balaban J connectivity index is 2.20. The maximum atomic E-state index is 5.96. The lowest BCUT2D eigenvalue weighted by atomic mass is 10.2. The predicted octanol–water partition coefficient (Wildman–Crippen LogP) is 5.80. The van der Waals surface area contributed by atoms with Crippen molar-refractivity contribution < 1.29 is 4.74 Å². The summed E-state index contributed by atoms with van der Waals surface area (Å²) in [7, 11) is 0. The molecule has 19 heavy (non-hydrogen) atoms. The minimum atomic E-state index is 0.291. The Kier molecular flexibility index (Phi) is 9.66. The molecular weight excluding hydrogens is 320 g/mol. The number of aryl methyl sites for hydroxylation is 1. The van der Waals surface area contributed by atoms with E-state index in [1.165, 1.54) is 36.1 Å². The van der Waals surface area contributed by atoms with Gasteiger partial charge in [0.25, 0.3) is 0 Å². The number of ether oxygens (including phenoxy) is 1. The molecule has 108 valence electrons. The van der Waals surface area contributed by atoms with Gasteiger partial charge in [0.15, 0.2) is 0 Å². The van der Waals surface area contributed by atoms with Gasteiger partial charge >= 0.3 is 0 Å². The van der Waals surface area contributed by atoms with Crippen molar-refractivity contribution in [3.8, 4) is 0 Å². The van der Waals surface area contributed by atoms with Crippen LogP contribution in [0.4, 0.5) is 0 Å². The normalized spacial score (nSPS) is 12.6. The maximum absolute atomic E-state index is 5.96. The molecule has 0 saturated carbocycles. The molecule has 0 aliphatic rings. The molecule has 1 atom stereocenters. The van der Waals surface area contributed by atoms with Crippen molar-refractivity contribution in [2.24, 2.45) is 0 Å². The van der Waals surface area contributed by atoms with Crippen LogP contribution in [-0.2, 0) is 4.74 Å². The lowest BCUT2D eigenvalue weighted by Crippen LogP contribution is -2.08. The van der Waals surface area contributed by atoms with E-state index in [-0.39, 0.29) is 0 Å². The number of hydrogen-bond donors (Lipinski definition) is 0. The van der Waals surface area contributed by atoms with Gasteiger partial charge in [-0.3, -0.25) is 0 Å². The molecule has 0 aromatic heterocycles. The van der Waals surface area contributed by atoms with Crippen molar-refractivity contribution in [3.05, 3.63) is 29.8 Å². The number of halogens is 1. The molecule has 1 nitrogen and oxygen atoms in total. The van der Waals surface area contributed by atoms with E-state index in [1.54, 1.807) is 0 Å². The van der Waals surface area contributed by atoms with E-state index in [0.29, 0.717) is 5.44 Å². The first-order valence-corrected chi connectivity index (χ1v) is 9.17. The van der Waals surface area contributed by atoms with Gasteiger partial charge in [-0.2, -0.15) is 0 Å². The number of benzene rings is 1. The van der Waals surface area contributed by atoms with E-state index >= 15 is 0 Å². The minimum Gasteiger partial charge on any atom is -0.367 e. The Morgan fingerprint density at radius 3 is 2.42 bits per heavy atom. The minimum absolute atomic E-state index is 0.291. The fourth-order valence-corrected chi connectivity index (χ4v) is 3.09. The van der Waals surface area contributed by atoms with Gasteiger partial charge in [-0.05, 0) is 38.3 Å². The Labute approximate surface area is 130 Å². The molecule has 0 spiro atoms. The summed E-state index contributed by atoms with van der Waals surface area (Å²) in [6.07, 6.45) is 6.08. The summed E-state index contributed by atoms with van der Waals surface area (Å²) in [5.74, 6) is 0. The van der Waals surface area contributed by atoms with Crippen LogP contribution >= 0.6 is 27.7 Å². The SMILES string of the molecule is CCC(OCCCCCCBr)Sc1ccc(C)cc1. The summed E-state index contributed by atoms with van der Waals surface area (Å²) in [6, 6.07) is 8.69. The average molecular weight is 345 g/mol. The highest BCUT2D eigenvalue weighted by Gasteiger charge is 2.08. The fourth-order valence-electron chi connectivity index (χ4n) is 1.77. The van der Waals surface area contributed by atoms with Crippen LogP contribution in [0.5, 0.6) is 0 Å². The Morgan fingerprint density at radius 2 is 1.79 bits per heavy atom. The van der Waals surface area contributed by atoms with Crippen LogP contribution in [0, 0.1) is 6.92 Å². The van der Waals surface area contributed by atoms with Gasteiger partial charge in [-0.25, -0.2) is 0 Å². The first-order valence-electron chi connectivity index (χ1n) is 7.17. The van der Waals surface area contributed by atoms with Crippen molar-refractivity contribution in [1.82, 2.24) is 0 Å². The number of unbranched alkanes of at least 4 members (excludes halogenated alkanes) is 3. The standard InChI is InChI=1S/C16H25BrOS/c1-3-16(18-13-7-5-4-6-12-17)19-15-10-8-14(2)9-11-15/h8-11,16H,3-7,12-13H2,1-2H3. The number of alkyl halides is 1. The molecule has 0 bridgehead atoms. The predicted molar refractivity (Wildman–Crippen MR) is 89.3 cm³/mol. The molecule has 1 rings (SSSR count). The van der Waals surface area contributed by atoms with Gasteiger partial charge in [-0.15, -0.1) is 0 Å². The van der Waals surface area contributed by atoms with Crippen LogP contribution in [0.1, 0.15) is 44.6 Å². The Hall–Kier alpha value is 0.0100. The molecule has 0 fully saturated rings. The zero-order chi connectivity index (χ0) is 13.9. The van der Waals surface area contributed by atoms with Gasteiger partial charge in [0, 0.05) is 16.8 Å². The molecule has 0 saturated heterocycles. The van der Waals surface area contributed by atoms with E-state index in [0.717, 1.165) is 18.4 Å². The topological polar surface area (TPSA) is 9.23 Å². The molecule has 0 heterocycles. The van der Waals surface area contributed by atoms with E-state index < -0.39 is 0 Å². The zero-order valence-electron chi connectivity index (χ0n) is 12.0. The largest absolute Gasteiger partial charge is 0.367 e. The molecule has 0 radical (unpaired) electrons. The Morgan fingerprint density at radius 1 is 1.11 bits per heavy atom. The quantitative estimate of drug-likeness (QED) is 0.230. The van der Waals surface area contributed by atoms with Gasteiger partial charge in [0.05, 0.1) is 0 Å². The third-order valence-electron chi connectivity index (χ3n) is 2.95. The van der Waals surface area contributed by atoms with Crippen LogP contribution in [0.3, 0.4) is 0 Å². The van der Waals surface area contributed by atoms with Gasteiger partial charge in [0.1, 0.15) is 5.44 Å². The molecule has 0 aliphatic carbocycles. The van der Waals surface area contributed by atoms with E-state index in [1.807, 2.05) is 11.8 Å². The van der Waals surface area contributed by atoms with E-state index in [9.17, 15) is 0 Å². The molecular formula is C16H25BrOS. The lowest BCUT2D eigenvalue weighted by Gasteiger charge is -2.15. The summed E-state index contributed by atoms with van der Waals surface area (Å²) < 4.78 is 5.96. The van der Waals surface area contributed by atoms with Crippen LogP contribution in [0.25, 0.3) is 0 Å². The van der Waals surface area contributed by atoms with Crippen molar-refractivity contribution >= 4 is 27.7 Å². The zero-order valence-corrected chi connectivity index (χ0v) is 14.4. The third kappa shape index (κ3) is 8.01. The molecule has 0 N–H and O–H groups in total. The van der Waals surface area contributed by atoms with Gasteiger partial charge < -0.3 is 4.74 Å². The van der Waals surface area contributed by atoms with Crippen molar-refractivity contribution in [1.29, 1.82) is 0 Å². The summed E-state index contributed by atoms with van der Waals surface area (Å²) in [5, 5.41) is 1.12. The van der Waals surface area contributed by atoms with Crippen LogP contribution in [0.15, 0.2) is 29.2 Å². The van der Waals surface area contributed by atoms with Gasteiger partial charge in [0.2, 0.25) is 0 Å². The second-order valence-corrected chi connectivity index (χ2v) is 6.77. The Bertz CT molecular complexity index is 326. The first-order chi connectivity index (χ1) is 9.26. The number of rotatable bonds is 10. The molecule has 0 amide bonds. The second kappa shape index (κ2) is 10.8. The summed E-state index contributed by atoms with van der Waals surface area (Å²) in [4.78, 5) is 1.30. The molecule has 3 heteroatoms. The van der Waals surface area contributed by atoms with Gasteiger partial charge in [-0.1, -0.05) is 65.2 Å². The molecule has 1 aromatic carbocycles. The fraction of sp³-hybridized carbons (Fsp3) is 0.625. The molecule has 1 aromatic rings. The van der Waals surface area contributed by atoms with Crippen LogP contribution in [-0.4, -0.2) is 17.4 Å². The first kappa shape index (κ1) is 17.1. The maximum Gasteiger partial charge on any atom is 0.107 e. The van der Waals surface area contributed by atoms with Crippen LogP contribution < -0.4 is 0 Å². The van der Waals surface area contributed by atoms with Crippen LogP contribution in [0.2, 0.25) is 0 Å². The molecule has 0 aliphatic heterocycles. The summed E-state index contributed by atoms with van der Waals surface area (Å²) in [5.41, 5.74) is 1.60. The van der Waals surface area contributed by atoms with E-state index in [4.69, 9.17) is 4.74 Å².